The van der Waals surface area contributed by atoms with Gasteiger partial charge in [-0.25, -0.2) is 13.2 Å². The Labute approximate surface area is 119 Å². The zero-order valence-electron chi connectivity index (χ0n) is 10.3. The SMILES string of the molecule is O=C(Cc1cc(Cl)ccc1F)Cc1c(F)cccc1F. The third kappa shape index (κ3) is 3.39. The summed E-state index contributed by atoms with van der Waals surface area (Å²) < 4.78 is 40.3. The van der Waals surface area contributed by atoms with Gasteiger partial charge in [0.1, 0.15) is 23.2 Å². The van der Waals surface area contributed by atoms with Gasteiger partial charge in [0.15, 0.2) is 0 Å². The van der Waals surface area contributed by atoms with E-state index in [-0.39, 0.29) is 17.5 Å². The first kappa shape index (κ1) is 14.6. The lowest BCUT2D eigenvalue weighted by molar-refractivity contribution is -0.117. The summed E-state index contributed by atoms with van der Waals surface area (Å²) in [6.45, 7) is 0. The highest BCUT2D eigenvalue weighted by molar-refractivity contribution is 6.30. The first-order valence-electron chi connectivity index (χ1n) is 5.86. The molecule has 0 aromatic heterocycles. The normalized spacial score (nSPS) is 10.6. The number of carbonyl (C=O) groups is 1. The smallest absolute Gasteiger partial charge is 0.141 e. The molecule has 104 valence electrons. The predicted octanol–water partition coefficient (Wildman–Crippen LogP) is 4.11. The van der Waals surface area contributed by atoms with Gasteiger partial charge in [0.2, 0.25) is 0 Å². The monoisotopic (exact) mass is 298 g/mol. The quantitative estimate of drug-likeness (QED) is 0.830. The Balaban J connectivity index is 2.15. The number of hydrogen-bond acceptors (Lipinski definition) is 1. The van der Waals surface area contributed by atoms with Crippen molar-refractivity contribution in [2.45, 2.75) is 12.8 Å². The third-order valence-corrected chi connectivity index (χ3v) is 3.07. The van der Waals surface area contributed by atoms with Crippen LogP contribution in [-0.2, 0) is 17.6 Å². The Kier molecular flexibility index (Phi) is 4.45. The van der Waals surface area contributed by atoms with E-state index in [9.17, 15) is 18.0 Å². The average molecular weight is 299 g/mol. The van der Waals surface area contributed by atoms with Crippen LogP contribution < -0.4 is 0 Å². The van der Waals surface area contributed by atoms with Crippen LogP contribution in [0.15, 0.2) is 36.4 Å². The molecule has 0 amide bonds. The summed E-state index contributed by atoms with van der Waals surface area (Å²) in [4.78, 5) is 11.8. The summed E-state index contributed by atoms with van der Waals surface area (Å²) >= 11 is 5.71. The molecule has 2 rings (SSSR count). The number of halogens is 4. The van der Waals surface area contributed by atoms with E-state index in [2.05, 4.69) is 0 Å². The highest BCUT2D eigenvalue weighted by Gasteiger charge is 2.15. The third-order valence-electron chi connectivity index (χ3n) is 2.83. The van der Waals surface area contributed by atoms with Crippen molar-refractivity contribution < 1.29 is 18.0 Å². The van der Waals surface area contributed by atoms with E-state index in [1.54, 1.807) is 0 Å². The van der Waals surface area contributed by atoms with Crippen LogP contribution in [0.4, 0.5) is 13.2 Å². The number of carbonyl (C=O) groups excluding carboxylic acids is 1. The maximum Gasteiger partial charge on any atom is 0.141 e. The summed E-state index contributed by atoms with van der Waals surface area (Å²) in [5, 5.41) is 0.297. The Hall–Kier alpha value is -1.81. The molecule has 0 spiro atoms. The van der Waals surface area contributed by atoms with Crippen molar-refractivity contribution in [2.75, 3.05) is 0 Å². The Morgan fingerprint density at radius 2 is 1.60 bits per heavy atom. The van der Waals surface area contributed by atoms with E-state index in [1.165, 1.54) is 18.2 Å². The van der Waals surface area contributed by atoms with Gasteiger partial charge in [-0.2, -0.15) is 0 Å². The number of hydrogen-bond donors (Lipinski definition) is 0. The summed E-state index contributed by atoms with van der Waals surface area (Å²) in [6, 6.07) is 7.20. The van der Waals surface area contributed by atoms with Gasteiger partial charge in [-0.15, -0.1) is 0 Å². The topological polar surface area (TPSA) is 17.1 Å². The van der Waals surface area contributed by atoms with Gasteiger partial charge < -0.3 is 0 Å². The van der Waals surface area contributed by atoms with Crippen LogP contribution in [0.25, 0.3) is 0 Å². The Bertz CT molecular complexity index is 635. The average Bonchev–Trinajstić information content (AvgIpc) is 2.38. The molecule has 0 atom stereocenters. The minimum Gasteiger partial charge on any atom is -0.299 e. The molecule has 1 nitrogen and oxygen atoms in total. The largest absolute Gasteiger partial charge is 0.299 e. The van der Waals surface area contributed by atoms with Crippen molar-refractivity contribution >= 4 is 17.4 Å². The Morgan fingerprint density at radius 1 is 0.950 bits per heavy atom. The maximum atomic E-state index is 13.5. The molecule has 0 radical (unpaired) electrons. The van der Waals surface area contributed by atoms with Gasteiger partial charge in [-0.05, 0) is 35.9 Å². The molecule has 0 N–H and O–H groups in total. The van der Waals surface area contributed by atoms with Crippen LogP contribution in [0.2, 0.25) is 5.02 Å². The van der Waals surface area contributed by atoms with Crippen molar-refractivity contribution in [1.82, 2.24) is 0 Å². The first-order valence-corrected chi connectivity index (χ1v) is 6.23. The standard InChI is InChI=1S/C15H10ClF3O/c16-10-4-5-13(17)9(6-10)7-11(20)8-12-14(18)2-1-3-15(12)19/h1-6H,7-8H2. The molecule has 0 aliphatic rings. The van der Waals surface area contributed by atoms with E-state index < -0.39 is 29.7 Å². The number of ketones is 1. The molecular formula is C15H10ClF3O. The van der Waals surface area contributed by atoms with E-state index in [4.69, 9.17) is 11.6 Å². The van der Waals surface area contributed by atoms with Crippen molar-refractivity contribution in [1.29, 1.82) is 0 Å². The highest BCUT2D eigenvalue weighted by Crippen LogP contribution is 2.18. The number of rotatable bonds is 4. The van der Waals surface area contributed by atoms with Gasteiger partial charge in [-0.3, -0.25) is 4.79 Å². The maximum absolute atomic E-state index is 13.5. The molecule has 0 unspecified atom stereocenters. The van der Waals surface area contributed by atoms with Crippen molar-refractivity contribution in [3.8, 4) is 0 Å². The summed E-state index contributed by atoms with van der Waals surface area (Å²) in [6.07, 6.45) is -0.690. The number of benzene rings is 2. The molecule has 0 bridgehead atoms. The minimum absolute atomic E-state index is 0.110. The van der Waals surface area contributed by atoms with Crippen LogP contribution in [0.3, 0.4) is 0 Å². The fraction of sp³-hybridized carbons (Fsp3) is 0.133. The molecule has 20 heavy (non-hydrogen) atoms. The van der Waals surface area contributed by atoms with Gasteiger partial charge >= 0.3 is 0 Å². The second-order valence-corrected chi connectivity index (χ2v) is 4.76. The van der Waals surface area contributed by atoms with Crippen LogP contribution in [-0.4, -0.2) is 5.78 Å². The van der Waals surface area contributed by atoms with Crippen LogP contribution in [0.5, 0.6) is 0 Å². The highest BCUT2D eigenvalue weighted by atomic mass is 35.5. The zero-order valence-corrected chi connectivity index (χ0v) is 11.1. The van der Waals surface area contributed by atoms with Gasteiger partial charge in [0, 0.05) is 23.4 Å². The number of Topliss-reactive ketones (excluding diaryl/α,β-unsaturated/α-hetero) is 1. The zero-order chi connectivity index (χ0) is 14.7. The van der Waals surface area contributed by atoms with Crippen LogP contribution in [0, 0.1) is 17.5 Å². The molecule has 0 saturated heterocycles. The first-order chi connectivity index (χ1) is 9.47. The van der Waals surface area contributed by atoms with Gasteiger partial charge in [0.25, 0.3) is 0 Å². The van der Waals surface area contributed by atoms with Crippen molar-refractivity contribution in [3.63, 3.8) is 0 Å². The molecule has 0 heterocycles. The van der Waals surface area contributed by atoms with E-state index in [0.717, 1.165) is 18.2 Å². The lowest BCUT2D eigenvalue weighted by atomic mass is 10.0. The predicted molar refractivity (Wildman–Crippen MR) is 70.2 cm³/mol. The van der Waals surface area contributed by atoms with Crippen molar-refractivity contribution in [2.24, 2.45) is 0 Å². The second kappa shape index (κ2) is 6.09. The van der Waals surface area contributed by atoms with E-state index >= 15 is 0 Å². The fourth-order valence-electron chi connectivity index (χ4n) is 1.85. The molecule has 0 aliphatic carbocycles. The molecule has 0 saturated carbocycles. The fourth-order valence-corrected chi connectivity index (χ4v) is 2.05. The lowest BCUT2D eigenvalue weighted by Gasteiger charge is -2.06. The summed E-state index contributed by atoms with van der Waals surface area (Å²) in [5.41, 5.74) is -0.195. The Morgan fingerprint density at radius 3 is 2.25 bits per heavy atom. The van der Waals surface area contributed by atoms with Gasteiger partial charge in [-0.1, -0.05) is 17.7 Å². The van der Waals surface area contributed by atoms with E-state index in [1.807, 2.05) is 0 Å². The second-order valence-electron chi connectivity index (χ2n) is 4.33. The summed E-state index contributed by atoms with van der Waals surface area (Å²) in [7, 11) is 0. The molecule has 5 heteroatoms. The molecule has 0 fully saturated rings. The molecule has 2 aromatic carbocycles. The van der Waals surface area contributed by atoms with E-state index in [0.29, 0.717) is 5.02 Å². The molecule has 2 aromatic rings. The van der Waals surface area contributed by atoms with Gasteiger partial charge in [0.05, 0.1) is 0 Å². The summed E-state index contributed by atoms with van der Waals surface area (Å²) in [5.74, 6) is -2.64. The minimum atomic E-state index is -0.787. The van der Waals surface area contributed by atoms with Crippen molar-refractivity contribution in [3.05, 3.63) is 70.0 Å². The lowest BCUT2D eigenvalue weighted by Crippen LogP contribution is -2.10. The molecule has 0 aliphatic heterocycles. The van der Waals surface area contributed by atoms with Crippen LogP contribution in [0.1, 0.15) is 11.1 Å². The molecular weight excluding hydrogens is 289 g/mol. The van der Waals surface area contributed by atoms with Crippen LogP contribution >= 0.6 is 11.6 Å².